The standard InChI is InChI=1S/C20H17N5O2/c1-2-4-16(5-3-1)26-18-7-6-15(13-22-18)19-23-20(27-24-19)14-8-10-25-11-9-21-17(25)12-14/h1-7,9,11,13-14H,8,10,12H2. The van der Waals surface area contributed by atoms with Crippen LogP contribution in [0.5, 0.6) is 11.6 Å². The third-order valence-electron chi connectivity index (χ3n) is 4.70. The van der Waals surface area contributed by atoms with Crippen LogP contribution in [0.2, 0.25) is 0 Å². The van der Waals surface area contributed by atoms with E-state index in [1.54, 1.807) is 12.3 Å². The summed E-state index contributed by atoms with van der Waals surface area (Å²) in [6, 6.07) is 13.2. The fourth-order valence-electron chi connectivity index (χ4n) is 3.26. The first-order valence-corrected chi connectivity index (χ1v) is 8.88. The zero-order chi connectivity index (χ0) is 18.1. The molecule has 5 rings (SSSR count). The average molecular weight is 359 g/mol. The summed E-state index contributed by atoms with van der Waals surface area (Å²) in [6.07, 6.45) is 7.32. The van der Waals surface area contributed by atoms with Crippen molar-refractivity contribution in [3.05, 3.63) is 72.8 Å². The van der Waals surface area contributed by atoms with Crippen LogP contribution in [0.3, 0.4) is 0 Å². The van der Waals surface area contributed by atoms with Crippen LogP contribution in [0.15, 0.2) is 65.6 Å². The first kappa shape index (κ1) is 15.7. The van der Waals surface area contributed by atoms with Crippen LogP contribution >= 0.6 is 0 Å². The Bertz CT molecular complexity index is 1040. The van der Waals surface area contributed by atoms with E-state index in [4.69, 9.17) is 9.26 Å². The summed E-state index contributed by atoms with van der Waals surface area (Å²) in [6.45, 7) is 0.921. The van der Waals surface area contributed by atoms with E-state index in [1.807, 2.05) is 48.8 Å². The molecule has 0 spiro atoms. The van der Waals surface area contributed by atoms with Gasteiger partial charge < -0.3 is 13.8 Å². The van der Waals surface area contributed by atoms with E-state index in [0.717, 1.165) is 36.5 Å². The van der Waals surface area contributed by atoms with Gasteiger partial charge in [0.25, 0.3) is 0 Å². The van der Waals surface area contributed by atoms with E-state index in [2.05, 4.69) is 24.7 Å². The Labute approximate surface area is 155 Å². The molecule has 0 N–H and O–H groups in total. The minimum absolute atomic E-state index is 0.204. The SMILES string of the molecule is c1ccc(Oc2ccc(-c3noc(C4CCn5ccnc5C4)n3)cn2)cc1. The number of rotatable bonds is 4. The van der Waals surface area contributed by atoms with Gasteiger partial charge in [-0.1, -0.05) is 23.4 Å². The number of nitrogens with zero attached hydrogens (tertiary/aromatic N) is 5. The molecule has 0 fully saturated rings. The summed E-state index contributed by atoms with van der Waals surface area (Å²) in [4.78, 5) is 13.3. The number of ether oxygens (including phenoxy) is 1. The highest BCUT2D eigenvalue weighted by atomic mass is 16.5. The molecule has 1 aliphatic heterocycles. The highest BCUT2D eigenvalue weighted by Gasteiger charge is 2.25. The number of imidazole rings is 1. The number of hydrogen-bond acceptors (Lipinski definition) is 6. The van der Waals surface area contributed by atoms with E-state index in [0.29, 0.717) is 17.6 Å². The molecule has 0 amide bonds. The summed E-state index contributed by atoms with van der Waals surface area (Å²) in [5.74, 6) is 3.73. The van der Waals surface area contributed by atoms with Gasteiger partial charge in [-0.3, -0.25) is 0 Å². The molecule has 1 unspecified atom stereocenters. The fourth-order valence-corrected chi connectivity index (χ4v) is 3.26. The Kier molecular flexibility index (Phi) is 3.90. The number of hydrogen-bond donors (Lipinski definition) is 0. The Morgan fingerprint density at radius 1 is 1.07 bits per heavy atom. The molecule has 27 heavy (non-hydrogen) atoms. The zero-order valence-electron chi connectivity index (χ0n) is 14.5. The quantitative estimate of drug-likeness (QED) is 0.551. The monoisotopic (exact) mass is 359 g/mol. The zero-order valence-corrected chi connectivity index (χ0v) is 14.5. The molecule has 4 aromatic rings. The molecule has 1 aliphatic rings. The summed E-state index contributed by atoms with van der Waals surface area (Å²) in [5, 5.41) is 4.12. The summed E-state index contributed by atoms with van der Waals surface area (Å²) >= 11 is 0. The molecule has 0 radical (unpaired) electrons. The van der Waals surface area contributed by atoms with Crippen molar-refractivity contribution in [1.82, 2.24) is 24.7 Å². The molecule has 1 atom stereocenters. The number of pyridine rings is 1. The third-order valence-corrected chi connectivity index (χ3v) is 4.70. The molecular weight excluding hydrogens is 342 g/mol. The maximum absolute atomic E-state index is 5.71. The minimum atomic E-state index is 0.204. The maximum Gasteiger partial charge on any atom is 0.230 e. The lowest BCUT2D eigenvalue weighted by Crippen LogP contribution is -2.18. The van der Waals surface area contributed by atoms with Crippen LogP contribution in [0.4, 0.5) is 0 Å². The molecule has 7 heteroatoms. The van der Waals surface area contributed by atoms with Crippen LogP contribution in [-0.4, -0.2) is 24.7 Å². The van der Waals surface area contributed by atoms with Crippen LogP contribution in [-0.2, 0) is 13.0 Å². The van der Waals surface area contributed by atoms with Crippen LogP contribution in [0.1, 0.15) is 24.1 Å². The van der Waals surface area contributed by atoms with E-state index in [9.17, 15) is 0 Å². The number of fused-ring (bicyclic) bond motifs is 1. The Hall–Kier alpha value is -3.48. The van der Waals surface area contributed by atoms with Crippen molar-refractivity contribution in [2.45, 2.75) is 25.3 Å². The van der Waals surface area contributed by atoms with Crippen molar-refractivity contribution in [2.75, 3.05) is 0 Å². The highest BCUT2D eigenvalue weighted by molar-refractivity contribution is 5.53. The Morgan fingerprint density at radius 2 is 2.00 bits per heavy atom. The lowest BCUT2D eigenvalue weighted by atomic mass is 9.98. The summed E-state index contributed by atoms with van der Waals surface area (Å²) in [7, 11) is 0. The van der Waals surface area contributed by atoms with Gasteiger partial charge in [-0.2, -0.15) is 4.98 Å². The summed E-state index contributed by atoms with van der Waals surface area (Å²) < 4.78 is 13.4. The molecule has 1 aromatic carbocycles. The molecule has 4 heterocycles. The average Bonchev–Trinajstić information content (AvgIpc) is 3.38. The topological polar surface area (TPSA) is 78.9 Å². The second kappa shape index (κ2) is 6.68. The van der Waals surface area contributed by atoms with Crippen molar-refractivity contribution in [3.8, 4) is 23.0 Å². The smallest absolute Gasteiger partial charge is 0.230 e. The first-order valence-electron chi connectivity index (χ1n) is 8.88. The second-order valence-corrected chi connectivity index (χ2v) is 6.48. The second-order valence-electron chi connectivity index (χ2n) is 6.48. The van der Waals surface area contributed by atoms with Gasteiger partial charge in [-0.25, -0.2) is 9.97 Å². The van der Waals surface area contributed by atoms with Crippen molar-refractivity contribution in [2.24, 2.45) is 0 Å². The van der Waals surface area contributed by atoms with Gasteiger partial charge in [0.1, 0.15) is 11.6 Å². The Balaban J connectivity index is 1.31. The molecular formula is C20H17N5O2. The predicted molar refractivity (Wildman–Crippen MR) is 97.3 cm³/mol. The van der Waals surface area contributed by atoms with Gasteiger partial charge in [0.05, 0.1) is 0 Å². The maximum atomic E-state index is 5.71. The fraction of sp³-hybridized carbons (Fsp3) is 0.200. The normalized spacial score (nSPS) is 16.1. The summed E-state index contributed by atoms with van der Waals surface area (Å²) in [5.41, 5.74) is 0.794. The van der Waals surface area contributed by atoms with Gasteiger partial charge in [0, 0.05) is 49.1 Å². The van der Waals surface area contributed by atoms with Crippen LogP contribution < -0.4 is 4.74 Å². The van der Waals surface area contributed by atoms with Crippen molar-refractivity contribution < 1.29 is 9.26 Å². The van der Waals surface area contributed by atoms with Gasteiger partial charge >= 0.3 is 0 Å². The van der Waals surface area contributed by atoms with Gasteiger partial charge in [-0.05, 0) is 24.6 Å². The van der Waals surface area contributed by atoms with Crippen molar-refractivity contribution in [1.29, 1.82) is 0 Å². The highest BCUT2D eigenvalue weighted by Crippen LogP contribution is 2.29. The molecule has 0 saturated carbocycles. The van der Waals surface area contributed by atoms with Gasteiger partial charge in [0.2, 0.25) is 17.6 Å². The molecule has 7 nitrogen and oxygen atoms in total. The van der Waals surface area contributed by atoms with E-state index in [1.165, 1.54) is 0 Å². The molecule has 0 aliphatic carbocycles. The van der Waals surface area contributed by atoms with Crippen molar-refractivity contribution >= 4 is 0 Å². The molecule has 134 valence electrons. The number of aromatic nitrogens is 5. The van der Waals surface area contributed by atoms with E-state index >= 15 is 0 Å². The minimum Gasteiger partial charge on any atom is -0.439 e. The number of para-hydroxylation sites is 1. The van der Waals surface area contributed by atoms with Gasteiger partial charge in [-0.15, -0.1) is 0 Å². The number of benzene rings is 1. The Morgan fingerprint density at radius 3 is 2.85 bits per heavy atom. The first-order chi connectivity index (χ1) is 13.3. The number of aryl methyl sites for hydroxylation is 1. The third kappa shape index (κ3) is 3.19. The van der Waals surface area contributed by atoms with E-state index < -0.39 is 0 Å². The van der Waals surface area contributed by atoms with Crippen LogP contribution in [0.25, 0.3) is 11.4 Å². The van der Waals surface area contributed by atoms with E-state index in [-0.39, 0.29) is 5.92 Å². The predicted octanol–water partition coefficient (Wildman–Crippen LogP) is 3.85. The molecule has 0 bridgehead atoms. The lowest BCUT2D eigenvalue weighted by molar-refractivity contribution is 0.323. The van der Waals surface area contributed by atoms with Crippen molar-refractivity contribution in [3.63, 3.8) is 0 Å². The molecule has 3 aromatic heterocycles. The lowest BCUT2D eigenvalue weighted by Gasteiger charge is -2.19. The molecule has 0 saturated heterocycles. The van der Waals surface area contributed by atoms with Gasteiger partial charge in [0.15, 0.2) is 0 Å². The van der Waals surface area contributed by atoms with Crippen LogP contribution in [0, 0.1) is 0 Å². The largest absolute Gasteiger partial charge is 0.439 e.